The number of guanidine groups is 1. The second-order valence-electron chi connectivity index (χ2n) is 5.16. The number of hydrogen-bond donors (Lipinski definition) is 2. The molecule has 0 spiro atoms. The van der Waals surface area contributed by atoms with Gasteiger partial charge < -0.3 is 15.8 Å². The molecule has 1 aromatic heterocycles. The summed E-state index contributed by atoms with van der Waals surface area (Å²) in [6, 6.07) is 8.18. The Morgan fingerprint density at radius 1 is 1.48 bits per heavy atom. The fraction of sp³-hybridized carbons (Fsp3) is 0.375. The van der Waals surface area contributed by atoms with Crippen molar-refractivity contribution in [3.8, 4) is 5.75 Å². The first-order valence-electron chi connectivity index (χ1n) is 7.47. The number of para-hydroxylation sites is 1. The van der Waals surface area contributed by atoms with Gasteiger partial charge in [0.2, 0.25) is 0 Å². The first-order valence-corrected chi connectivity index (χ1v) is 8.35. The number of nitrogens with one attached hydrogen (secondary N) is 1. The van der Waals surface area contributed by atoms with E-state index in [1.807, 2.05) is 23.6 Å². The van der Waals surface area contributed by atoms with E-state index in [-0.39, 0.29) is 30.0 Å². The van der Waals surface area contributed by atoms with Gasteiger partial charge in [-0.05, 0) is 12.5 Å². The number of aromatic nitrogens is 1. The molecule has 2 heterocycles. The van der Waals surface area contributed by atoms with Gasteiger partial charge in [-0.15, -0.1) is 35.3 Å². The van der Waals surface area contributed by atoms with Crippen LogP contribution < -0.4 is 15.8 Å². The van der Waals surface area contributed by atoms with Crippen LogP contribution in [0.1, 0.15) is 35.7 Å². The van der Waals surface area contributed by atoms with Crippen molar-refractivity contribution in [2.75, 3.05) is 6.61 Å². The first kappa shape index (κ1) is 18.0. The quantitative estimate of drug-likeness (QED) is 0.432. The molecule has 0 bridgehead atoms. The van der Waals surface area contributed by atoms with E-state index in [4.69, 9.17) is 10.5 Å². The molecule has 3 N–H and O–H groups in total. The van der Waals surface area contributed by atoms with Gasteiger partial charge in [-0.1, -0.05) is 25.1 Å². The minimum atomic E-state index is 0. The molecule has 1 aliphatic rings. The summed E-state index contributed by atoms with van der Waals surface area (Å²) in [4.78, 5) is 8.89. The molecule has 3 rings (SSSR count). The van der Waals surface area contributed by atoms with Crippen LogP contribution in [-0.4, -0.2) is 17.6 Å². The van der Waals surface area contributed by atoms with Gasteiger partial charge >= 0.3 is 0 Å². The predicted molar refractivity (Wildman–Crippen MR) is 105 cm³/mol. The summed E-state index contributed by atoms with van der Waals surface area (Å²) in [7, 11) is 0. The van der Waals surface area contributed by atoms with Crippen molar-refractivity contribution in [3.63, 3.8) is 0 Å². The number of nitrogens with two attached hydrogens (primary N) is 1. The summed E-state index contributed by atoms with van der Waals surface area (Å²) >= 11 is 1.67. The van der Waals surface area contributed by atoms with Crippen LogP contribution in [0.3, 0.4) is 0 Å². The van der Waals surface area contributed by atoms with Crippen LogP contribution in [0.5, 0.6) is 5.75 Å². The van der Waals surface area contributed by atoms with E-state index in [0.29, 0.717) is 19.1 Å². The van der Waals surface area contributed by atoms with Crippen LogP contribution in [0.2, 0.25) is 0 Å². The molecule has 1 unspecified atom stereocenters. The third-order valence-corrected chi connectivity index (χ3v) is 4.64. The molecule has 0 radical (unpaired) electrons. The van der Waals surface area contributed by atoms with Gasteiger partial charge in [0.15, 0.2) is 5.96 Å². The summed E-state index contributed by atoms with van der Waals surface area (Å²) in [5.74, 6) is 1.37. The van der Waals surface area contributed by atoms with Gasteiger partial charge in [-0.2, -0.15) is 0 Å². The molecule has 0 saturated heterocycles. The number of ether oxygens (including phenoxy) is 1. The lowest BCUT2D eigenvalue weighted by Crippen LogP contribution is -2.37. The smallest absolute Gasteiger partial charge is 0.189 e. The summed E-state index contributed by atoms with van der Waals surface area (Å²) < 4.78 is 5.65. The molecule has 7 heteroatoms. The Morgan fingerprint density at radius 2 is 2.30 bits per heavy atom. The Morgan fingerprint density at radius 3 is 3.09 bits per heavy atom. The third-order valence-electron chi connectivity index (χ3n) is 3.59. The molecule has 2 aromatic rings. The van der Waals surface area contributed by atoms with Crippen molar-refractivity contribution in [1.29, 1.82) is 0 Å². The third kappa shape index (κ3) is 4.57. The average molecular weight is 444 g/mol. The maximum Gasteiger partial charge on any atom is 0.189 e. The lowest BCUT2D eigenvalue weighted by Gasteiger charge is -2.26. The van der Waals surface area contributed by atoms with Crippen LogP contribution in [-0.2, 0) is 13.0 Å². The molecule has 124 valence electrons. The highest BCUT2D eigenvalue weighted by Gasteiger charge is 2.21. The summed E-state index contributed by atoms with van der Waals surface area (Å²) in [5.41, 5.74) is 8.13. The largest absolute Gasteiger partial charge is 0.493 e. The van der Waals surface area contributed by atoms with Crippen LogP contribution in [0.25, 0.3) is 0 Å². The summed E-state index contributed by atoms with van der Waals surface area (Å²) in [6.45, 7) is 3.30. The highest BCUT2D eigenvalue weighted by atomic mass is 127. The Balaban J connectivity index is 0.00000192. The van der Waals surface area contributed by atoms with E-state index in [1.54, 1.807) is 11.3 Å². The zero-order chi connectivity index (χ0) is 15.4. The Bertz CT molecular complexity index is 674. The molecule has 0 fully saturated rings. The number of thiazole rings is 1. The Kier molecular flexibility index (Phi) is 6.64. The van der Waals surface area contributed by atoms with Crippen molar-refractivity contribution in [2.45, 2.75) is 32.4 Å². The monoisotopic (exact) mass is 444 g/mol. The van der Waals surface area contributed by atoms with Crippen molar-refractivity contribution in [1.82, 2.24) is 10.3 Å². The standard InChI is InChI=1S/C16H20N4OS.HI/c1-2-15-19-11(10-22-15)9-18-16(17)20-13-7-8-21-14-6-4-3-5-12(13)14;/h3-6,10,13H,2,7-9H2,1H3,(H3,17,18,20);1H. The first-order chi connectivity index (χ1) is 10.8. The SMILES string of the molecule is CCc1nc(CN=C(N)NC2CCOc3ccccc32)cs1.I. The molecule has 0 aliphatic carbocycles. The van der Waals surface area contributed by atoms with Gasteiger partial charge in [0, 0.05) is 17.4 Å². The predicted octanol–water partition coefficient (Wildman–Crippen LogP) is 3.25. The fourth-order valence-corrected chi connectivity index (χ4v) is 3.20. The lowest BCUT2D eigenvalue weighted by molar-refractivity contribution is 0.262. The van der Waals surface area contributed by atoms with Gasteiger partial charge in [0.25, 0.3) is 0 Å². The van der Waals surface area contributed by atoms with Crippen molar-refractivity contribution in [2.24, 2.45) is 10.7 Å². The highest BCUT2D eigenvalue weighted by molar-refractivity contribution is 14.0. The maximum absolute atomic E-state index is 6.02. The summed E-state index contributed by atoms with van der Waals surface area (Å²) in [5, 5.41) is 6.46. The van der Waals surface area contributed by atoms with Crippen LogP contribution in [0, 0.1) is 0 Å². The zero-order valence-electron chi connectivity index (χ0n) is 13.0. The maximum atomic E-state index is 6.02. The number of fused-ring (bicyclic) bond motifs is 1. The highest BCUT2D eigenvalue weighted by Crippen LogP contribution is 2.31. The van der Waals surface area contributed by atoms with Crippen LogP contribution >= 0.6 is 35.3 Å². The van der Waals surface area contributed by atoms with E-state index >= 15 is 0 Å². The van der Waals surface area contributed by atoms with E-state index in [2.05, 4.69) is 28.3 Å². The number of aryl methyl sites for hydroxylation is 1. The molecular weight excluding hydrogens is 423 g/mol. The van der Waals surface area contributed by atoms with Crippen LogP contribution in [0.15, 0.2) is 34.6 Å². The molecule has 5 nitrogen and oxygen atoms in total. The zero-order valence-corrected chi connectivity index (χ0v) is 16.1. The van der Waals surface area contributed by atoms with E-state index in [1.165, 1.54) is 0 Å². The second kappa shape index (κ2) is 8.49. The van der Waals surface area contributed by atoms with Crippen molar-refractivity contribution >= 4 is 41.3 Å². The molecule has 0 saturated carbocycles. The number of halogens is 1. The fourth-order valence-electron chi connectivity index (χ4n) is 2.47. The lowest BCUT2D eigenvalue weighted by atomic mass is 10.0. The van der Waals surface area contributed by atoms with Crippen molar-refractivity contribution < 1.29 is 4.74 Å². The van der Waals surface area contributed by atoms with Gasteiger partial charge in [0.05, 0.1) is 29.9 Å². The number of hydrogen-bond acceptors (Lipinski definition) is 4. The number of nitrogens with zero attached hydrogens (tertiary/aromatic N) is 2. The molecule has 23 heavy (non-hydrogen) atoms. The summed E-state index contributed by atoms with van der Waals surface area (Å²) in [6.07, 6.45) is 1.84. The number of rotatable bonds is 4. The molecule has 1 atom stereocenters. The van der Waals surface area contributed by atoms with Crippen molar-refractivity contribution in [3.05, 3.63) is 45.9 Å². The van der Waals surface area contributed by atoms with Gasteiger partial charge in [0.1, 0.15) is 5.75 Å². The minimum Gasteiger partial charge on any atom is -0.493 e. The Labute approximate surface area is 157 Å². The molecule has 0 amide bonds. The van der Waals surface area contributed by atoms with E-state index in [0.717, 1.165) is 34.9 Å². The Hall–Kier alpha value is -1.35. The van der Waals surface area contributed by atoms with Crippen LogP contribution in [0.4, 0.5) is 0 Å². The average Bonchev–Trinajstić information content (AvgIpc) is 3.01. The molecular formula is C16H21IN4OS. The van der Waals surface area contributed by atoms with E-state index < -0.39 is 0 Å². The number of aliphatic imine (C=N–C) groups is 1. The normalized spacial score (nSPS) is 16.9. The van der Waals surface area contributed by atoms with E-state index in [9.17, 15) is 0 Å². The minimum absolute atomic E-state index is 0. The van der Waals surface area contributed by atoms with Gasteiger partial charge in [-0.3, -0.25) is 0 Å². The second-order valence-corrected chi connectivity index (χ2v) is 6.10. The topological polar surface area (TPSA) is 72.5 Å². The van der Waals surface area contributed by atoms with Gasteiger partial charge in [-0.25, -0.2) is 9.98 Å². The molecule has 1 aromatic carbocycles. The number of benzene rings is 1. The molecule has 1 aliphatic heterocycles.